The van der Waals surface area contributed by atoms with Gasteiger partial charge in [-0.2, -0.15) is 0 Å². The Morgan fingerprint density at radius 2 is 1.91 bits per heavy atom. The fraction of sp³-hybridized carbons (Fsp3) is 0.400. The standard InChI is InChI=1S/C10H10O/c11-10-7-4-2-1-3-6(7)8-5-9(8)10/h1-4,8-11H,5H2. The fourth-order valence-corrected chi connectivity index (χ4v) is 2.27. The van der Waals surface area contributed by atoms with Crippen LogP contribution in [0.5, 0.6) is 0 Å². The highest BCUT2D eigenvalue weighted by Crippen LogP contribution is 2.61. The van der Waals surface area contributed by atoms with E-state index in [1.807, 2.05) is 12.1 Å². The van der Waals surface area contributed by atoms with Gasteiger partial charge in [0.1, 0.15) is 0 Å². The zero-order chi connectivity index (χ0) is 7.42. The summed E-state index contributed by atoms with van der Waals surface area (Å²) in [6.07, 6.45) is 1.05. The number of fused-ring (bicyclic) bond motifs is 3. The van der Waals surface area contributed by atoms with E-state index in [9.17, 15) is 5.11 Å². The van der Waals surface area contributed by atoms with E-state index in [-0.39, 0.29) is 6.10 Å². The molecule has 0 amide bonds. The van der Waals surface area contributed by atoms with Crippen molar-refractivity contribution in [3.05, 3.63) is 35.4 Å². The van der Waals surface area contributed by atoms with Gasteiger partial charge in [0.25, 0.3) is 0 Å². The van der Waals surface area contributed by atoms with Gasteiger partial charge in [-0.1, -0.05) is 24.3 Å². The van der Waals surface area contributed by atoms with Gasteiger partial charge in [0, 0.05) is 0 Å². The molecule has 0 aliphatic heterocycles. The summed E-state index contributed by atoms with van der Waals surface area (Å²) < 4.78 is 0. The predicted molar refractivity (Wildman–Crippen MR) is 42.2 cm³/mol. The maximum atomic E-state index is 9.69. The minimum absolute atomic E-state index is 0.156. The van der Waals surface area contributed by atoms with E-state index in [2.05, 4.69) is 12.1 Å². The van der Waals surface area contributed by atoms with Crippen molar-refractivity contribution < 1.29 is 5.11 Å². The lowest BCUT2D eigenvalue weighted by Crippen LogP contribution is -1.95. The van der Waals surface area contributed by atoms with Crippen LogP contribution < -0.4 is 0 Å². The molecule has 0 radical (unpaired) electrons. The highest BCUT2D eigenvalue weighted by molar-refractivity contribution is 5.43. The number of rotatable bonds is 0. The van der Waals surface area contributed by atoms with Gasteiger partial charge < -0.3 is 5.11 Å². The molecule has 1 heteroatoms. The molecular weight excluding hydrogens is 136 g/mol. The van der Waals surface area contributed by atoms with Crippen molar-refractivity contribution in [2.45, 2.75) is 18.4 Å². The van der Waals surface area contributed by atoms with Crippen molar-refractivity contribution in [2.24, 2.45) is 5.92 Å². The third-order valence-corrected chi connectivity index (χ3v) is 2.96. The smallest absolute Gasteiger partial charge is 0.0827 e. The van der Waals surface area contributed by atoms with E-state index in [0.717, 1.165) is 0 Å². The molecule has 0 bridgehead atoms. The molecule has 56 valence electrons. The molecule has 2 aliphatic rings. The van der Waals surface area contributed by atoms with Crippen LogP contribution in [0.3, 0.4) is 0 Å². The molecule has 3 rings (SSSR count). The maximum absolute atomic E-state index is 9.69. The van der Waals surface area contributed by atoms with E-state index in [4.69, 9.17) is 0 Å². The van der Waals surface area contributed by atoms with E-state index < -0.39 is 0 Å². The Balaban J connectivity index is 2.22. The summed E-state index contributed by atoms with van der Waals surface area (Å²) in [7, 11) is 0. The molecule has 3 atom stereocenters. The molecule has 1 fully saturated rings. The van der Waals surface area contributed by atoms with Crippen LogP contribution in [0.4, 0.5) is 0 Å². The van der Waals surface area contributed by atoms with E-state index >= 15 is 0 Å². The Morgan fingerprint density at radius 3 is 2.64 bits per heavy atom. The zero-order valence-electron chi connectivity index (χ0n) is 6.20. The second-order valence-corrected chi connectivity index (χ2v) is 3.58. The Kier molecular flexibility index (Phi) is 0.878. The third kappa shape index (κ3) is 0.596. The zero-order valence-corrected chi connectivity index (χ0v) is 6.20. The van der Waals surface area contributed by atoms with Crippen LogP contribution in [-0.2, 0) is 0 Å². The average molecular weight is 146 g/mol. The molecule has 2 aliphatic carbocycles. The first kappa shape index (κ1) is 5.78. The van der Waals surface area contributed by atoms with E-state index in [0.29, 0.717) is 11.8 Å². The third-order valence-electron chi connectivity index (χ3n) is 2.96. The largest absolute Gasteiger partial charge is 0.388 e. The summed E-state index contributed by atoms with van der Waals surface area (Å²) in [6, 6.07) is 8.27. The van der Waals surface area contributed by atoms with Crippen molar-refractivity contribution >= 4 is 0 Å². The lowest BCUT2D eigenvalue weighted by molar-refractivity contribution is 0.160. The van der Waals surface area contributed by atoms with Crippen molar-refractivity contribution in [2.75, 3.05) is 0 Å². The van der Waals surface area contributed by atoms with Crippen LogP contribution in [0.15, 0.2) is 24.3 Å². The molecule has 1 N–H and O–H groups in total. The lowest BCUT2D eigenvalue weighted by Gasteiger charge is -2.06. The van der Waals surface area contributed by atoms with E-state index in [1.165, 1.54) is 17.5 Å². The topological polar surface area (TPSA) is 20.2 Å². The van der Waals surface area contributed by atoms with Crippen LogP contribution in [0, 0.1) is 5.92 Å². The molecule has 1 nitrogen and oxygen atoms in total. The van der Waals surface area contributed by atoms with Gasteiger partial charge in [0.05, 0.1) is 6.10 Å². The molecule has 3 unspecified atom stereocenters. The monoisotopic (exact) mass is 146 g/mol. The first-order chi connectivity index (χ1) is 5.38. The first-order valence-corrected chi connectivity index (χ1v) is 4.15. The predicted octanol–water partition coefficient (Wildman–Crippen LogP) is 1.84. The summed E-state index contributed by atoms with van der Waals surface area (Å²) in [5, 5.41) is 9.69. The molecule has 11 heavy (non-hydrogen) atoms. The number of benzene rings is 1. The number of hydrogen-bond acceptors (Lipinski definition) is 1. The van der Waals surface area contributed by atoms with Crippen molar-refractivity contribution in [3.63, 3.8) is 0 Å². The highest BCUT2D eigenvalue weighted by atomic mass is 16.3. The number of hydrogen-bond donors (Lipinski definition) is 1. The van der Waals surface area contributed by atoms with Crippen LogP contribution in [0.2, 0.25) is 0 Å². The van der Waals surface area contributed by atoms with Gasteiger partial charge in [-0.3, -0.25) is 0 Å². The van der Waals surface area contributed by atoms with Crippen molar-refractivity contribution in [1.82, 2.24) is 0 Å². The Hall–Kier alpha value is -0.820. The lowest BCUT2D eigenvalue weighted by atomic mass is 10.1. The molecule has 1 aromatic carbocycles. The van der Waals surface area contributed by atoms with Gasteiger partial charge >= 0.3 is 0 Å². The summed E-state index contributed by atoms with van der Waals surface area (Å²) in [4.78, 5) is 0. The molecule has 1 saturated carbocycles. The van der Waals surface area contributed by atoms with Gasteiger partial charge in [-0.25, -0.2) is 0 Å². The quantitative estimate of drug-likeness (QED) is 0.592. The minimum atomic E-state index is -0.156. The Labute approximate surface area is 65.7 Å². The number of aliphatic hydroxyl groups is 1. The van der Waals surface area contributed by atoms with Crippen LogP contribution in [0.25, 0.3) is 0 Å². The summed E-state index contributed by atoms with van der Waals surface area (Å²) in [6.45, 7) is 0. The molecule has 1 aromatic rings. The second-order valence-electron chi connectivity index (χ2n) is 3.58. The van der Waals surface area contributed by atoms with Crippen LogP contribution in [0.1, 0.15) is 29.6 Å². The number of aliphatic hydroxyl groups excluding tert-OH is 1. The summed E-state index contributed by atoms with van der Waals surface area (Å²) in [5.74, 6) is 1.26. The van der Waals surface area contributed by atoms with Gasteiger partial charge in [-0.05, 0) is 29.4 Å². The molecule has 0 heterocycles. The van der Waals surface area contributed by atoms with Gasteiger partial charge in [0.2, 0.25) is 0 Å². The molecular formula is C10H10O. The Bertz CT molecular complexity index is 290. The van der Waals surface area contributed by atoms with Gasteiger partial charge in [-0.15, -0.1) is 0 Å². The molecule has 0 spiro atoms. The minimum Gasteiger partial charge on any atom is -0.388 e. The van der Waals surface area contributed by atoms with Crippen LogP contribution >= 0.6 is 0 Å². The molecule has 0 saturated heterocycles. The fourth-order valence-electron chi connectivity index (χ4n) is 2.27. The Morgan fingerprint density at radius 1 is 1.18 bits per heavy atom. The SMILES string of the molecule is OC1c2ccccc2C2CC12. The average Bonchev–Trinajstić information content (AvgIpc) is 2.78. The van der Waals surface area contributed by atoms with Crippen LogP contribution in [-0.4, -0.2) is 5.11 Å². The van der Waals surface area contributed by atoms with E-state index in [1.54, 1.807) is 0 Å². The van der Waals surface area contributed by atoms with Crippen molar-refractivity contribution in [1.29, 1.82) is 0 Å². The molecule has 0 aromatic heterocycles. The normalized spacial score (nSPS) is 38.1. The summed E-state index contributed by atoms with van der Waals surface area (Å²) in [5.41, 5.74) is 2.57. The van der Waals surface area contributed by atoms with Gasteiger partial charge in [0.15, 0.2) is 0 Å². The summed E-state index contributed by atoms with van der Waals surface area (Å²) >= 11 is 0. The second kappa shape index (κ2) is 1.67. The first-order valence-electron chi connectivity index (χ1n) is 4.15. The van der Waals surface area contributed by atoms with Crippen molar-refractivity contribution in [3.8, 4) is 0 Å². The maximum Gasteiger partial charge on any atom is 0.0827 e. The highest BCUT2D eigenvalue weighted by Gasteiger charge is 2.50.